The summed E-state index contributed by atoms with van der Waals surface area (Å²) in [5, 5.41) is 7.06. The quantitative estimate of drug-likeness (QED) is 0.770. The molecule has 0 unspecified atom stereocenters. The van der Waals surface area contributed by atoms with Crippen molar-refractivity contribution in [2.24, 2.45) is 0 Å². The summed E-state index contributed by atoms with van der Waals surface area (Å²) in [4.78, 5) is 4.12. The number of nitrogens with one attached hydrogen (secondary N) is 1. The van der Waals surface area contributed by atoms with Gasteiger partial charge in [0.05, 0.1) is 12.6 Å². The fraction of sp³-hybridized carbons (Fsp3) is 0.778. The highest BCUT2D eigenvalue weighted by molar-refractivity contribution is 4.85. The lowest BCUT2D eigenvalue weighted by atomic mass is 10.1. The molecule has 14 heavy (non-hydrogen) atoms. The third-order valence-electron chi connectivity index (χ3n) is 2.46. The van der Waals surface area contributed by atoms with E-state index in [1.807, 2.05) is 6.92 Å². The third kappa shape index (κ3) is 2.10. The molecule has 0 radical (unpaired) electrons. The van der Waals surface area contributed by atoms with Crippen molar-refractivity contribution in [2.75, 3.05) is 6.61 Å². The van der Waals surface area contributed by atoms with Crippen molar-refractivity contribution >= 4 is 0 Å². The first-order chi connectivity index (χ1) is 6.75. The molecule has 1 aromatic heterocycles. The van der Waals surface area contributed by atoms with Crippen molar-refractivity contribution in [1.82, 2.24) is 15.5 Å². The molecule has 0 aliphatic carbocycles. The van der Waals surface area contributed by atoms with Crippen LogP contribution in [0.25, 0.3) is 0 Å². The molecule has 1 fully saturated rings. The summed E-state index contributed by atoms with van der Waals surface area (Å²) in [5.74, 6) is 1.32. The Balaban J connectivity index is 1.82. The van der Waals surface area contributed by atoms with Crippen molar-refractivity contribution in [3.63, 3.8) is 0 Å². The Morgan fingerprint density at radius 2 is 2.43 bits per heavy atom. The molecule has 5 heteroatoms. The van der Waals surface area contributed by atoms with Crippen LogP contribution in [0.4, 0.5) is 0 Å². The summed E-state index contributed by atoms with van der Waals surface area (Å²) in [6.07, 6.45) is 1.33. The predicted molar refractivity (Wildman–Crippen MR) is 49.7 cm³/mol. The van der Waals surface area contributed by atoms with E-state index in [4.69, 9.17) is 9.26 Å². The smallest absolute Gasteiger partial charge is 0.240 e. The molecule has 5 nitrogen and oxygen atoms in total. The van der Waals surface area contributed by atoms with Crippen LogP contribution in [0.5, 0.6) is 0 Å². The minimum atomic E-state index is 0.277. The van der Waals surface area contributed by atoms with Crippen LogP contribution in [0.3, 0.4) is 0 Å². The van der Waals surface area contributed by atoms with Gasteiger partial charge in [-0.25, -0.2) is 0 Å². The maximum atomic E-state index is 5.43. The summed E-state index contributed by atoms with van der Waals surface area (Å²) in [5.41, 5.74) is 0. The average molecular weight is 197 g/mol. The second-order valence-electron chi connectivity index (χ2n) is 3.59. The van der Waals surface area contributed by atoms with Gasteiger partial charge in [-0.15, -0.1) is 0 Å². The normalized spacial score (nSPS) is 27.0. The van der Waals surface area contributed by atoms with Crippen LogP contribution in [0.2, 0.25) is 0 Å². The SMILES string of the molecule is Cc1noc(CN[C@@H]2CCO[C@@H]2C)n1. The van der Waals surface area contributed by atoms with Gasteiger partial charge < -0.3 is 14.6 Å². The molecule has 1 aliphatic heterocycles. The lowest BCUT2D eigenvalue weighted by Gasteiger charge is -2.13. The highest BCUT2D eigenvalue weighted by Gasteiger charge is 2.23. The topological polar surface area (TPSA) is 60.2 Å². The summed E-state index contributed by atoms with van der Waals surface area (Å²) < 4.78 is 10.4. The van der Waals surface area contributed by atoms with E-state index in [0.29, 0.717) is 24.3 Å². The number of rotatable bonds is 3. The molecule has 1 aliphatic rings. The zero-order valence-corrected chi connectivity index (χ0v) is 8.49. The Kier molecular flexibility index (Phi) is 2.79. The van der Waals surface area contributed by atoms with Gasteiger partial charge in [0.2, 0.25) is 5.89 Å². The molecule has 1 aromatic rings. The Morgan fingerprint density at radius 1 is 1.57 bits per heavy atom. The van der Waals surface area contributed by atoms with Crippen LogP contribution in [-0.2, 0) is 11.3 Å². The highest BCUT2D eigenvalue weighted by Crippen LogP contribution is 2.12. The van der Waals surface area contributed by atoms with Crippen LogP contribution < -0.4 is 5.32 Å². The van der Waals surface area contributed by atoms with E-state index in [2.05, 4.69) is 22.4 Å². The molecule has 2 heterocycles. The van der Waals surface area contributed by atoms with Gasteiger partial charge in [0.15, 0.2) is 5.82 Å². The van der Waals surface area contributed by atoms with E-state index >= 15 is 0 Å². The molecule has 2 rings (SSSR count). The maximum absolute atomic E-state index is 5.43. The minimum absolute atomic E-state index is 0.277. The van der Waals surface area contributed by atoms with Crippen LogP contribution in [0, 0.1) is 6.92 Å². The van der Waals surface area contributed by atoms with E-state index < -0.39 is 0 Å². The first-order valence-electron chi connectivity index (χ1n) is 4.90. The zero-order valence-electron chi connectivity index (χ0n) is 8.49. The van der Waals surface area contributed by atoms with Crippen LogP contribution >= 0.6 is 0 Å². The minimum Gasteiger partial charge on any atom is -0.377 e. The highest BCUT2D eigenvalue weighted by atomic mass is 16.5. The number of ether oxygens (including phenoxy) is 1. The lowest BCUT2D eigenvalue weighted by molar-refractivity contribution is 0.112. The monoisotopic (exact) mass is 197 g/mol. The van der Waals surface area contributed by atoms with Gasteiger partial charge in [-0.05, 0) is 20.3 Å². The largest absolute Gasteiger partial charge is 0.377 e. The molecular weight excluding hydrogens is 182 g/mol. The fourth-order valence-electron chi connectivity index (χ4n) is 1.63. The van der Waals surface area contributed by atoms with Gasteiger partial charge in [0, 0.05) is 12.6 Å². The van der Waals surface area contributed by atoms with Gasteiger partial charge in [-0.1, -0.05) is 5.16 Å². The van der Waals surface area contributed by atoms with Crippen molar-refractivity contribution in [1.29, 1.82) is 0 Å². The molecule has 0 amide bonds. The van der Waals surface area contributed by atoms with Gasteiger partial charge in [-0.3, -0.25) is 0 Å². The summed E-state index contributed by atoms with van der Waals surface area (Å²) in [6.45, 7) is 5.35. The molecule has 0 spiro atoms. The first-order valence-corrected chi connectivity index (χ1v) is 4.90. The Morgan fingerprint density at radius 3 is 3.00 bits per heavy atom. The Bertz CT molecular complexity index is 300. The van der Waals surface area contributed by atoms with Gasteiger partial charge in [-0.2, -0.15) is 4.98 Å². The number of hydrogen-bond donors (Lipinski definition) is 1. The maximum Gasteiger partial charge on any atom is 0.240 e. The van der Waals surface area contributed by atoms with Crippen LogP contribution in [0.15, 0.2) is 4.52 Å². The summed E-state index contributed by atoms with van der Waals surface area (Å²) >= 11 is 0. The molecule has 0 aromatic carbocycles. The fourth-order valence-corrected chi connectivity index (χ4v) is 1.63. The zero-order chi connectivity index (χ0) is 9.97. The van der Waals surface area contributed by atoms with E-state index in [0.717, 1.165) is 13.0 Å². The van der Waals surface area contributed by atoms with E-state index in [1.165, 1.54) is 0 Å². The average Bonchev–Trinajstić information content (AvgIpc) is 2.72. The molecule has 2 atom stereocenters. The number of aryl methyl sites for hydroxylation is 1. The van der Waals surface area contributed by atoms with Crippen molar-refractivity contribution in [3.05, 3.63) is 11.7 Å². The van der Waals surface area contributed by atoms with Gasteiger partial charge in [0.25, 0.3) is 0 Å². The number of nitrogens with zero attached hydrogens (tertiary/aromatic N) is 2. The third-order valence-corrected chi connectivity index (χ3v) is 2.46. The van der Waals surface area contributed by atoms with Crippen molar-refractivity contribution < 1.29 is 9.26 Å². The van der Waals surface area contributed by atoms with Crippen LogP contribution in [0.1, 0.15) is 25.1 Å². The molecular formula is C9H15N3O2. The van der Waals surface area contributed by atoms with Crippen molar-refractivity contribution in [3.8, 4) is 0 Å². The second-order valence-corrected chi connectivity index (χ2v) is 3.59. The van der Waals surface area contributed by atoms with Gasteiger partial charge >= 0.3 is 0 Å². The Hall–Kier alpha value is -0.940. The van der Waals surface area contributed by atoms with Gasteiger partial charge in [0.1, 0.15) is 0 Å². The first kappa shape index (κ1) is 9.61. The van der Waals surface area contributed by atoms with E-state index in [9.17, 15) is 0 Å². The summed E-state index contributed by atoms with van der Waals surface area (Å²) in [6, 6.07) is 0.405. The second kappa shape index (κ2) is 4.06. The molecule has 1 N–H and O–H groups in total. The summed E-state index contributed by atoms with van der Waals surface area (Å²) in [7, 11) is 0. The van der Waals surface area contributed by atoms with Crippen LogP contribution in [-0.4, -0.2) is 28.9 Å². The predicted octanol–water partition coefficient (Wildman–Crippen LogP) is 0.645. The molecule has 78 valence electrons. The molecule has 1 saturated heterocycles. The van der Waals surface area contributed by atoms with E-state index in [1.54, 1.807) is 0 Å². The Labute approximate surface area is 82.8 Å². The lowest BCUT2D eigenvalue weighted by Crippen LogP contribution is -2.34. The number of aromatic nitrogens is 2. The standard InChI is InChI=1S/C9H15N3O2/c1-6-8(3-4-13-6)10-5-9-11-7(2)12-14-9/h6,8,10H,3-5H2,1-2H3/t6-,8-/m1/s1. The molecule has 0 saturated carbocycles. The number of hydrogen-bond acceptors (Lipinski definition) is 5. The molecule has 0 bridgehead atoms. The van der Waals surface area contributed by atoms with E-state index in [-0.39, 0.29) is 6.10 Å². The van der Waals surface area contributed by atoms with Crippen molar-refractivity contribution in [2.45, 2.75) is 39.0 Å².